The molecule has 0 saturated heterocycles. The van der Waals surface area contributed by atoms with Crippen LogP contribution in [0.25, 0.3) is 11.1 Å². The normalized spacial score (nSPS) is 10.1. The number of aromatic hydroxyl groups is 1. The van der Waals surface area contributed by atoms with Gasteiger partial charge in [-0.25, -0.2) is 0 Å². The summed E-state index contributed by atoms with van der Waals surface area (Å²) in [6.45, 7) is 1.97. The van der Waals surface area contributed by atoms with E-state index in [1.165, 1.54) is 0 Å². The molecule has 0 spiro atoms. The van der Waals surface area contributed by atoms with E-state index in [2.05, 4.69) is 0 Å². The molecule has 2 heteroatoms. The van der Waals surface area contributed by atoms with E-state index in [1.54, 1.807) is 18.2 Å². The van der Waals surface area contributed by atoms with E-state index >= 15 is 0 Å². The number of phenolic OH excluding ortho intramolecular Hbond substituents is 1. The molecule has 0 aromatic heterocycles. The fourth-order valence-electron chi connectivity index (χ4n) is 1.62. The van der Waals surface area contributed by atoms with Crippen molar-refractivity contribution in [2.45, 2.75) is 6.92 Å². The van der Waals surface area contributed by atoms with Crippen LogP contribution < -0.4 is 0 Å². The SMILES string of the molecule is Cc1ccc(O)c(-c2ccc(C=O)cc2)c1. The van der Waals surface area contributed by atoms with E-state index in [0.29, 0.717) is 5.56 Å². The fraction of sp³-hybridized carbons (Fsp3) is 0.0714. The predicted octanol–water partition coefficient (Wildman–Crippen LogP) is 3.18. The van der Waals surface area contributed by atoms with Gasteiger partial charge in [0.2, 0.25) is 0 Å². The van der Waals surface area contributed by atoms with Crippen molar-refractivity contribution >= 4 is 6.29 Å². The summed E-state index contributed by atoms with van der Waals surface area (Å²) < 4.78 is 0. The Kier molecular flexibility index (Phi) is 2.73. The Morgan fingerprint density at radius 1 is 1.06 bits per heavy atom. The van der Waals surface area contributed by atoms with Crippen molar-refractivity contribution in [3.8, 4) is 16.9 Å². The van der Waals surface area contributed by atoms with Crippen LogP contribution in [0.15, 0.2) is 42.5 Å². The highest BCUT2D eigenvalue weighted by atomic mass is 16.3. The zero-order valence-electron chi connectivity index (χ0n) is 8.97. The largest absolute Gasteiger partial charge is 0.507 e. The van der Waals surface area contributed by atoms with Gasteiger partial charge < -0.3 is 5.11 Å². The van der Waals surface area contributed by atoms with E-state index in [9.17, 15) is 9.90 Å². The standard InChI is InChI=1S/C14H12O2/c1-10-2-7-14(16)13(8-10)12-5-3-11(9-15)4-6-12/h2-9,16H,1H3. The Labute approximate surface area is 94.2 Å². The zero-order chi connectivity index (χ0) is 11.5. The molecule has 0 bridgehead atoms. The van der Waals surface area contributed by atoms with Gasteiger partial charge >= 0.3 is 0 Å². The second-order valence-electron chi connectivity index (χ2n) is 3.76. The lowest BCUT2D eigenvalue weighted by Crippen LogP contribution is -1.83. The Bertz CT molecular complexity index is 513. The first kappa shape index (κ1) is 10.4. The average molecular weight is 212 g/mol. The third kappa shape index (κ3) is 1.96. The van der Waals surface area contributed by atoms with Crippen molar-refractivity contribution in [3.63, 3.8) is 0 Å². The van der Waals surface area contributed by atoms with Crippen LogP contribution in [0, 0.1) is 6.92 Å². The molecule has 2 nitrogen and oxygen atoms in total. The minimum absolute atomic E-state index is 0.254. The Morgan fingerprint density at radius 2 is 1.75 bits per heavy atom. The summed E-state index contributed by atoms with van der Waals surface area (Å²) in [4.78, 5) is 10.5. The molecule has 0 aliphatic heterocycles. The van der Waals surface area contributed by atoms with Crippen molar-refractivity contribution in [2.24, 2.45) is 0 Å². The first-order valence-electron chi connectivity index (χ1n) is 5.06. The highest BCUT2D eigenvalue weighted by molar-refractivity contribution is 5.78. The Hall–Kier alpha value is -2.09. The van der Waals surface area contributed by atoms with Gasteiger partial charge in [-0.3, -0.25) is 4.79 Å². The molecule has 0 aliphatic rings. The number of hydrogen-bond acceptors (Lipinski definition) is 2. The minimum Gasteiger partial charge on any atom is -0.507 e. The third-order valence-corrected chi connectivity index (χ3v) is 2.51. The van der Waals surface area contributed by atoms with Crippen LogP contribution in [0.4, 0.5) is 0 Å². The van der Waals surface area contributed by atoms with Crippen LogP contribution in [0.3, 0.4) is 0 Å². The molecular weight excluding hydrogens is 200 g/mol. The van der Waals surface area contributed by atoms with Gasteiger partial charge in [0, 0.05) is 11.1 Å². The molecule has 0 atom stereocenters. The number of carbonyl (C=O) groups excluding carboxylic acids is 1. The molecule has 0 heterocycles. The number of rotatable bonds is 2. The van der Waals surface area contributed by atoms with Crippen molar-refractivity contribution in [3.05, 3.63) is 53.6 Å². The van der Waals surface area contributed by atoms with Crippen LogP contribution in [-0.2, 0) is 0 Å². The minimum atomic E-state index is 0.254. The van der Waals surface area contributed by atoms with Crippen molar-refractivity contribution in [2.75, 3.05) is 0 Å². The summed E-state index contributed by atoms with van der Waals surface area (Å²) in [5.41, 5.74) is 3.42. The van der Waals surface area contributed by atoms with E-state index < -0.39 is 0 Å². The predicted molar refractivity (Wildman–Crippen MR) is 63.7 cm³/mol. The van der Waals surface area contributed by atoms with E-state index in [-0.39, 0.29) is 5.75 Å². The monoisotopic (exact) mass is 212 g/mol. The lowest BCUT2D eigenvalue weighted by atomic mass is 10.0. The highest BCUT2D eigenvalue weighted by Gasteiger charge is 2.04. The quantitative estimate of drug-likeness (QED) is 0.776. The molecule has 0 amide bonds. The van der Waals surface area contributed by atoms with Gasteiger partial charge in [-0.15, -0.1) is 0 Å². The smallest absolute Gasteiger partial charge is 0.150 e. The number of carbonyl (C=O) groups is 1. The molecule has 2 aromatic carbocycles. The van der Waals surface area contributed by atoms with Crippen LogP contribution in [0.2, 0.25) is 0 Å². The van der Waals surface area contributed by atoms with E-state index in [4.69, 9.17) is 0 Å². The molecule has 2 rings (SSSR count). The Morgan fingerprint density at radius 3 is 2.38 bits per heavy atom. The molecule has 0 unspecified atom stereocenters. The van der Waals surface area contributed by atoms with Gasteiger partial charge in [0.1, 0.15) is 12.0 Å². The fourth-order valence-corrected chi connectivity index (χ4v) is 1.62. The van der Waals surface area contributed by atoms with Crippen LogP contribution in [-0.4, -0.2) is 11.4 Å². The lowest BCUT2D eigenvalue weighted by molar-refractivity contribution is 0.112. The topological polar surface area (TPSA) is 37.3 Å². The number of benzene rings is 2. The van der Waals surface area contributed by atoms with Crippen molar-refractivity contribution in [1.29, 1.82) is 0 Å². The molecule has 2 aromatic rings. The molecular formula is C14H12O2. The van der Waals surface area contributed by atoms with E-state index in [1.807, 2.05) is 31.2 Å². The first-order valence-corrected chi connectivity index (χ1v) is 5.06. The zero-order valence-corrected chi connectivity index (χ0v) is 8.97. The third-order valence-electron chi connectivity index (χ3n) is 2.51. The van der Waals surface area contributed by atoms with E-state index in [0.717, 1.165) is 23.0 Å². The summed E-state index contributed by atoms with van der Waals surface area (Å²) in [5, 5.41) is 9.75. The maximum Gasteiger partial charge on any atom is 0.150 e. The molecule has 0 aliphatic carbocycles. The molecule has 80 valence electrons. The summed E-state index contributed by atoms with van der Waals surface area (Å²) >= 11 is 0. The molecule has 0 saturated carbocycles. The first-order chi connectivity index (χ1) is 7.70. The maximum atomic E-state index is 10.5. The lowest BCUT2D eigenvalue weighted by Gasteiger charge is -2.06. The van der Waals surface area contributed by atoms with Gasteiger partial charge in [-0.2, -0.15) is 0 Å². The van der Waals surface area contributed by atoms with Gasteiger partial charge in [-0.1, -0.05) is 35.9 Å². The number of hydrogen-bond donors (Lipinski definition) is 1. The number of phenols is 1. The highest BCUT2D eigenvalue weighted by Crippen LogP contribution is 2.29. The maximum absolute atomic E-state index is 10.5. The van der Waals surface area contributed by atoms with Crippen LogP contribution in [0.5, 0.6) is 5.75 Å². The Balaban J connectivity index is 2.49. The average Bonchev–Trinajstić information content (AvgIpc) is 2.32. The van der Waals surface area contributed by atoms with Crippen molar-refractivity contribution in [1.82, 2.24) is 0 Å². The van der Waals surface area contributed by atoms with Crippen LogP contribution >= 0.6 is 0 Å². The molecule has 0 fully saturated rings. The molecule has 0 radical (unpaired) electrons. The second-order valence-corrected chi connectivity index (χ2v) is 3.76. The summed E-state index contributed by atoms with van der Waals surface area (Å²) in [7, 11) is 0. The van der Waals surface area contributed by atoms with Crippen LogP contribution in [0.1, 0.15) is 15.9 Å². The second kappa shape index (κ2) is 4.19. The summed E-state index contributed by atoms with van der Waals surface area (Å²) in [6, 6.07) is 12.6. The molecule has 16 heavy (non-hydrogen) atoms. The van der Waals surface area contributed by atoms with Gasteiger partial charge in [0.05, 0.1) is 0 Å². The summed E-state index contributed by atoms with van der Waals surface area (Å²) in [6.07, 6.45) is 0.805. The van der Waals surface area contributed by atoms with Gasteiger partial charge in [0.15, 0.2) is 0 Å². The molecule has 1 N–H and O–H groups in total. The number of aryl methyl sites for hydroxylation is 1. The van der Waals surface area contributed by atoms with Gasteiger partial charge in [-0.05, 0) is 24.6 Å². The number of aldehydes is 1. The summed E-state index contributed by atoms with van der Waals surface area (Å²) in [5.74, 6) is 0.254. The van der Waals surface area contributed by atoms with Crippen molar-refractivity contribution < 1.29 is 9.90 Å². The van der Waals surface area contributed by atoms with Gasteiger partial charge in [0.25, 0.3) is 0 Å².